The van der Waals surface area contributed by atoms with Crippen molar-refractivity contribution >= 4 is 18.0 Å². The lowest BCUT2D eigenvalue weighted by atomic mass is 10.1. The largest absolute Gasteiger partial charge is 0.494 e. The Bertz CT molecular complexity index is 566. The zero-order valence-corrected chi connectivity index (χ0v) is 11.4. The van der Waals surface area contributed by atoms with Crippen LogP contribution in [0.4, 0.5) is 4.79 Å². The van der Waals surface area contributed by atoms with E-state index in [4.69, 9.17) is 9.47 Å². The Labute approximate surface area is 116 Å². The third kappa shape index (κ3) is 3.09. The van der Waals surface area contributed by atoms with Gasteiger partial charge in [-0.3, -0.25) is 10.1 Å². The van der Waals surface area contributed by atoms with Crippen molar-refractivity contribution in [2.24, 2.45) is 0 Å². The van der Waals surface area contributed by atoms with E-state index >= 15 is 0 Å². The molecule has 1 aliphatic rings. The molecular weight excluding hydrogens is 260 g/mol. The predicted octanol–water partition coefficient (Wildman–Crippen LogP) is 1.66. The van der Waals surface area contributed by atoms with E-state index in [1.54, 1.807) is 24.3 Å². The molecule has 3 amide bonds. The normalized spacial score (nSPS) is 16.0. The van der Waals surface area contributed by atoms with Gasteiger partial charge in [-0.15, -0.1) is 0 Å². The van der Waals surface area contributed by atoms with Gasteiger partial charge in [0.2, 0.25) is 0 Å². The molecule has 0 saturated carbocycles. The number of urea groups is 1. The fraction of sp³-hybridized carbons (Fsp3) is 0.286. The highest BCUT2D eigenvalue weighted by atomic mass is 16.5. The quantitative estimate of drug-likeness (QED) is 0.633. The molecule has 2 rings (SSSR count). The second-order valence-corrected chi connectivity index (χ2v) is 4.03. The summed E-state index contributed by atoms with van der Waals surface area (Å²) < 4.78 is 10.9. The van der Waals surface area contributed by atoms with Gasteiger partial charge in [0.25, 0.3) is 5.91 Å². The summed E-state index contributed by atoms with van der Waals surface area (Å²) in [6.45, 7) is 4.82. The van der Waals surface area contributed by atoms with Crippen LogP contribution in [0.3, 0.4) is 0 Å². The van der Waals surface area contributed by atoms with Crippen LogP contribution in [-0.4, -0.2) is 25.2 Å². The lowest BCUT2D eigenvalue weighted by Crippen LogP contribution is -2.22. The molecule has 0 aromatic heterocycles. The second-order valence-electron chi connectivity index (χ2n) is 4.03. The van der Waals surface area contributed by atoms with Crippen LogP contribution >= 0.6 is 0 Å². The maximum Gasteiger partial charge on any atom is 0.326 e. The standard InChI is InChI=1S/C14H16N2O4/c1-3-19-10-6-5-9(12(8-10)20-4-2)7-11-13(17)16-14(18)15-11/h5-8H,3-4H2,1-2H3,(H2,15,16,17,18)/b11-7+. The zero-order chi connectivity index (χ0) is 14.5. The van der Waals surface area contributed by atoms with Crippen molar-refractivity contribution in [2.75, 3.05) is 13.2 Å². The summed E-state index contributed by atoms with van der Waals surface area (Å²) >= 11 is 0. The van der Waals surface area contributed by atoms with E-state index in [1.165, 1.54) is 0 Å². The first kappa shape index (κ1) is 13.9. The maximum atomic E-state index is 11.5. The number of hydrogen-bond acceptors (Lipinski definition) is 4. The molecule has 0 radical (unpaired) electrons. The third-order valence-electron chi connectivity index (χ3n) is 2.62. The van der Waals surface area contributed by atoms with Crippen molar-refractivity contribution in [3.05, 3.63) is 29.5 Å². The lowest BCUT2D eigenvalue weighted by molar-refractivity contribution is -0.115. The smallest absolute Gasteiger partial charge is 0.326 e. The van der Waals surface area contributed by atoms with Crippen LogP contribution in [0.15, 0.2) is 23.9 Å². The molecule has 6 heteroatoms. The highest BCUT2D eigenvalue weighted by Gasteiger charge is 2.23. The molecule has 0 atom stereocenters. The fourth-order valence-corrected chi connectivity index (χ4v) is 1.81. The Morgan fingerprint density at radius 2 is 1.85 bits per heavy atom. The van der Waals surface area contributed by atoms with E-state index in [2.05, 4.69) is 10.6 Å². The van der Waals surface area contributed by atoms with Gasteiger partial charge in [0, 0.05) is 11.6 Å². The van der Waals surface area contributed by atoms with Crippen LogP contribution in [0.25, 0.3) is 6.08 Å². The number of amides is 3. The summed E-state index contributed by atoms with van der Waals surface area (Å²) in [6.07, 6.45) is 1.57. The molecule has 1 aromatic carbocycles. The van der Waals surface area contributed by atoms with Crippen molar-refractivity contribution in [3.63, 3.8) is 0 Å². The van der Waals surface area contributed by atoms with Gasteiger partial charge in [-0.1, -0.05) is 0 Å². The number of imide groups is 1. The molecule has 0 bridgehead atoms. The number of nitrogens with one attached hydrogen (secondary N) is 2. The third-order valence-corrected chi connectivity index (χ3v) is 2.62. The highest BCUT2D eigenvalue weighted by Crippen LogP contribution is 2.27. The van der Waals surface area contributed by atoms with Crippen LogP contribution in [0.1, 0.15) is 19.4 Å². The van der Waals surface area contributed by atoms with Crippen LogP contribution in [0, 0.1) is 0 Å². The van der Waals surface area contributed by atoms with Crippen molar-refractivity contribution in [2.45, 2.75) is 13.8 Å². The summed E-state index contributed by atoms with van der Waals surface area (Å²) in [4.78, 5) is 22.6. The van der Waals surface area contributed by atoms with Gasteiger partial charge in [0.15, 0.2) is 0 Å². The van der Waals surface area contributed by atoms with E-state index < -0.39 is 11.9 Å². The molecule has 1 heterocycles. The topological polar surface area (TPSA) is 76.7 Å². The average Bonchev–Trinajstić information content (AvgIpc) is 2.71. The minimum atomic E-state index is -0.523. The van der Waals surface area contributed by atoms with Gasteiger partial charge in [0.05, 0.1) is 13.2 Å². The van der Waals surface area contributed by atoms with Crippen LogP contribution < -0.4 is 20.1 Å². The minimum Gasteiger partial charge on any atom is -0.494 e. The molecule has 0 aliphatic carbocycles. The molecule has 20 heavy (non-hydrogen) atoms. The van der Waals surface area contributed by atoms with Crippen molar-refractivity contribution in [1.82, 2.24) is 10.6 Å². The highest BCUT2D eigenvalue weighted by molar-refractivity contribution is 6.14. The summed E-state index contributed by atoms with van der Waals surface area (Å²) in [5.41, 5.74) is 0.891. The SMILES string of the molecule is CCOc1ccc(/C=C2/NC(=O)NC2=O)c(OCC)c1. The van der Waals surface area contributed by atoms with Crippen LogP contribution in [-0.2, 0) is 4.79 Å². The molecule has 1 aromatic rings. The monoisotopic (exact) mass is 276 g/mol. The van der Waals surface area contributed by atoms with Crippen molar-refractivity contribution in [3.8, 4) is 11.5 Å². The molecule has 1 aliphatic heterocycles. The van der Waals surface area contributed by atoms with Crippen molar-refractivity contribution < 1.29 is 19.1 Å². The molecule has 1 fully saturated rings. The number of carbonyl (C=O) groups is 2. The van der Waals surface area contributed by atoms with Crippen LogP contribution in [0.2, 0.25) is 0 Å². The molecule has 6 nitrogen and oxygen atoms in total. The average molecular weight is 276 g/mol. The van der Waals surface area contributed by atoms with Crippen molar-refractivity contribution in [1.29, 1.82) is 0 Å². The Morgan fingerprint density at radius 3 is 2.45 bits per heavy atom. The Hall–Kier alpha value is -2.50. The van der Waals surface area contributed by atoms with Gasteiger partial charge >= 0.3 is 6.03 Å². The van der Waals surface area contributed by atoms with Gasteiger partial charge < -0.3 is 14.8 Å². The summed E-state index contributed by atoms with van der Waals surface area (Å²) in [5.74, 6) is 0.837. The molecule has 0 unspecified atom stereocenters. The fourth-order valence-electron chi connectivity index (χ4n) is 1.81. The molecular formula is C14H16N2O4. The van der Waals surface area contributed by atoms with Gasteiger partial charge in [-0.05, 0) is 32.1 Å². The lowest BCUT2D eigenvalue weighted by Gasteiger charge is -2.10. The second kappa shape index (κ2) is 6.10. The molecule has 0 spiro atoms. The molecule has 1 saturated heterocycles. The maximum absolute atomic E-state index is 11.5. The van der Waals surface area contributed by atoms with Gasteiger partial charge in [0.1, 0.15) is 17.2 Å². The number of benzene rings is 1. The minimum absolute atomic E-state index is 0.195. The summed E-state index contributed by atoms with van der Waals surface area (Å²) in [7, 11) is 0. The Morgan fingerprint density at radius 1 is 1.10 bits per heavy atom. The van der Waals surface area contributed by atoms with Crippen LogP contribution in [0.5, 0.6) is 11.5 Å². The number of ether oxygens (including phenoxy) is 2. The van der Waals surface area contributed by atoms with E-state index in [0.717, 1.165) is 0 Å². The van der Waals surface area contributed by atoms with E-state index in [9.17, 15) is 9.59 Å². The Kier molecular flexibility index (Phi) is 4.24. The van der Waals surface area contributed by atoms with Gasteiger partial charge in [-0.25, -0.2) is 4.79 Å². The first-order chi connectivity index (χ1) is 9.63. The first-order valence-corrected chi connectivity index (χ1v) is 6.37. The number of carbonyl (C=O) groups excluding carboxylic acids is 2. The summed E-state index contributed by atoms with van der Waals surface area (Å²) in [6, 6.07) is 4.80. The summed E-state index contributed by atoms with van der Waals surface area (Å²) in [5, 5.41) is 4.58. The number of hydrogen-bond donors (Lipinski definition) is 2. The molecule has 2 N–H and O–H groups in total. The Balaban J connectivity index is 2.33. The molecule has 106 valence electrons. The van der Waals surface area contributed by atoms with Gasteiger partial charge in [-0.2, -0.15) is 0 Å². The van der Waals surface area contributed by atoms with E-state index in [1.807, 2.05) is 13.8 Å². The number of rotatable bonds is 5. The first-order valence-electron chi connectivity index (χ1n) is 6.37. The predicted molar refractivity (Wildman–Crippen MR) is 73.4 cm³/mol. The van der Waals surface area contributed by atoms with E-state index in [-0.39, 0.29) is 5.70 Å². The zero-order valence-electron chi connectivity index (χ0n) is 11.4. The van der Waals surface area contributed by atoms with E-state index in [0.29, 0.717) is 30.3 Å².